The van der Waals surface area contributed by atoms with Gasteiger partial charge in [-0.3, -0.25) is 0 Å². The minimum atomic E-state index is 0.372. The number of dihydropyridines is 1. The molecule has 0 spiro atoms. The fraction of sp³-hybridized carbons (Fsp3) is 0.429. The van der Waals surface area contributed by atoms with Gasteiger partial charge in [0.1, 0.15) is 12.4 Å². The van der Waals surface area contributed by atoms with Gasteiger partial charge in [0.05, 0.1) is 6.04 Å². The molecule has 0 fully saturated rings. The molecule has 0 aromatic carbocycles. The molecule has 9 heavy (non-hydrogen) atoms. The summed E-state index contributed by atoms with van der Waals surface area (Å²) in [5, 5.41) is 3.19. The average molecular weight is 123 g/mol. The molecule has 48 valence electrons. The first-order valence-electron chi connectivity index (χ1n) is 3.16. The van der Waals surface area contributed by atoms with Gasteiger partial charge in [-0.05, 0) is 13.0 Å². The molecule has 0 aliphatic carbocycles. The normalized spacial score (nSPS) is 30.1. The highest BCUT2D eigenvalue weighted by atomic mass is 16.5. The molecule has 2 heterocycles. The van der Waals surface area contributed by atoms with E-state index in [0.717, 1.165) is 12.4 Å². The summed E-state index contributed by atoms with van der Waals surface area (Å²) in [7, 11) is 0. The zero-order valence-electron chi connectivity index (χ0n) is 5.35. The van der Waals surface area contributed by atoms with Gasteiger partial charge in [-0.25, -0.2) is 0 Å². The molecule has 0 saturated heterocycles. The summed E-state index contributed by atoms with van der Waals surface area (Å²) in [6.45, 7) is 2.84. The van der Waals surface area contributed by atoms with Crippen molar-refractivity contribution in [3.8, 4) is 0 Å². The second kappa shape index (κ2) is 1.53. The summed E-state index contributed by atoms with van der Waals surface area (Å²) in [5.41, 5.74) is 1.25. The Morgan fingerprint density at radius 2 is 2.67 bits per heavy atom. The lowest BCUT2D eigenvalue weighted by Crippen LogP contribution is -2.23. The molecular formula is C7H9NO. The number of hydrogen-bond acceptors (Lipinski definition) is 2. The first-order chi connectivity index (χ1) is 4.36. The zero-order chi connectivity index (χ0) is 6.27. The van der Waals surface area contributed by atoms with Crippen LogP contribution in [-0.2, 0) is 4.74 Å². The van der Waals surface area contributed by atoms with Crippen LogP contribution in [0.25, 0.3) is 0 Å². The zero-order valence-corrected chi connectivity index (χ0v) is 5.35. The van der Waals surface area contributed by atoms with Crippen molar-refractivity contribution in [2.24, 2.45) is 0 Å². The van der Waals surface area contributed by atoms with E-state index in [1.54, 1.807) is 0 Å². The summed E-state index contributed by atoms with van der Waals surface area (Å²) < 4.78 is 5.32. The summed E-state index contributed by atoms with van der Waals surface area (Å²) in [4.78, 5) is 0. The third-order valence-electron chi connectivity index (χ3n) is 1.68. The number of hydrogen-bond donors (Lipinski definition) is 1. The highest BCUT2D eigenvalue weighted by molar-refractivity contribution is 5.32. The third kappa shape index (κ3) is 0.626. The van der Waals surface area contributed by atoms with Gasteiger partial charge >= 0.3 is 0 Å². The molecular weight excluding hydrogens is 114 g/mol. The van der Waals surface area contributed by atoms with E-state index in [0.29, 0.717) is 6.04 Å². The van der Waals surface area contributed by atoms with E-state index in [9.17, 15) is 0 Å². The van der Waals surface area contributed by atoms with Crippen molar-refractivity contribution in [2.45, 2.75) is 13.0 Å². The second-order valence-electron chi connectivity index (χ2n) is 2.44. The Balaban J connectivity index is 2.33. The van der Waals surface area contributed by atoms with Gasteiger partial charge in [-0.2, -0.15) is 0 Å². The predicted molar refractivity (Wildman–Crippen MR) is 34.7 cm³/mol. The lowest BCUT2D eigenvalue weighted by Gasteiger charge is -2.12. The van der Waals surface area contributed by atoms with Crippen LogP contribution in [0, 0.1) is 0 Å². The first kappa shape index (κ1) is 4.91. The molecule has 0 radical (unpaired) electrons. The van der Waals surface area contributed by atoms with E-state index in [1.807, 2.05) is 6.20 Å². The Kier molecular flexibility index (Phi) is 0.835. The van der Waals surface area contributed by atoms with E-state index in [2.05, 4.69) is 18.3 Å². The van der Waals surface area contributed by atoms with Crippen LogP contribution in [0.4, 0.5) is 0 Å². The van der Waals surface area contributed by atoms with Crippen LogP contribution in [0.1, 0.15) is 6.92 Å². The fourth-order valence-electron chi connectivity index (χ4n) is 1.08. The van der Waals surface area contributed by atoms with Crippen molar-refractivity contribution >= 4 is 0 Å². The molecule has 1 unspecified atom stereocenters. The minimum absolute atomic E-state index is 0.372. The van der Waals surface area contributed by atoms with Crippen LogP contribution in [0.2, 0.25) is 0 Å². The highest BCUT2D eigenvalue weighted by Gasteiger charge is 2.19. The third-order valence-corrected chi connectivity index (χ3v) is 1.68. The smallest absolute Gasteiger partial charge is 0.119 e. The van der Waals surface area contributed by atoms with Gasteiger partial charge in [0.15, 0.2) is 0 Å². The number of fused-ring (bicyclic) bond motifs is 1. The lowest BCUT2D eigenvalue weighted by molar-refractivity contribution is 0.243. The van der Waals surface area contributed by atoms with Gasteiger partial charge < -0.3 is 10.1 Å². The predicted octanol–water partition coefficient (Wildman–Crippen LogP) is 0.776. The number of nitrogens with one attached hydrogen (secondary N) is 1. The molecule has 0 aromatic heterocycles. The van der Waals surface area contributed by atoms with Crippen molar-refractivity contribution in [3.63, 3.8) is 0 Å². The van der Waals surface area contributed by atoms with Crippen LogP contribution in [-0.4, -0.2) is 12.6 Å². The summed E-state index contributed by atoms with van der Waals surface area (Å²) in [5.74, 6) is 1.08. The Morgan fingerprint density at radius 1 is 1.78 bits per heavy atom. The standard InChI is InChI=1S/C7H9NO/c1-5-7-2-6(3-8-5)4-9-7/h2-3,5,8H,4H2,1H3. The van der Waals surface area contributed by atoms with E-state index in [1.165, 1.54) is 5.57 Å². The van der Waals surface area contributed by atoms with Crippen molar-refractivity contribution in [1.82, 2.24) is 5.32 Å². The molecule has 2 aliphatic heterocycles. The topological polar surface area (TPSA) is 21.3 Å². The Bertz CT molecular complexity index is 193. The summed E-state index contributed by atoms with van der Waals surface area (Å²) in [6, 6.07) is 0.372. The van der Waals surface area contributed by atoms with Gasteiger partial charge in [-0.15, -0.1) is 0 Å². The average Bonchev–Trinajstić information content (AvgIpc) is 2.25. The van der Waals surface area contributed by atoms with Gasteiger partial charge in [-0.1, -0.05) is 0 Å². The molecule has 2 heteroatoms. The quantitative estimate of drug-likeness (QED) is 0.514. The maximum atomic E-state index is 5.32. The first-order valence-corrected chi connectivity index (χ1v) is 3.16. The Morgan fingerprint density at radius 3 is 3.44 bits per heavy atom. The van der Waals surface area contributed by atoms with Gasteiger partial charge in [0.2, 0.25) is 0 Å². The van der Waals surface area contributed by atoms with Crippen LogP contribution >= 0.6 is 0 Å². The maximum Gasteiger partial charge on any atom is 0.119 e. The fourth-order valence-corrected chi connectivity index (χ4v) is 1.08. The van der Waals surface area contributed by atoms with Crippen LogP contribution in [0.15, 0.2) is 23.6 Å². The van der Waals surface area contributed by atoms with Crippen molar-refractivity contribution in [2.75, 3.05) is 6.61 Å². The van der Waals surface area contributed by atoms with Crippen molar-refractivity contribution < 1.29 is 4.74 Å². The molecule has 2 nitrogen and oxygen atoms in total. The van der Waals surface area contributed by atoms with Crippen molar-refractivity contribution in [3.05, 3.63) is 23.6 Å². The largest absolute Gasteiger partial charge is 0.491 e. The SMILES string of the molecule is CC1NC=C2C=C1OC2. The molecule has 2 aliphatic rings. The molecule has 2 rings (SSSR count). The number of ether oxygens (including phenoxy) is 1. The van der Waals surface area contributed by atoms with E-state index in [-0.39, 0.29) is 0 Å². The van der Waals surface area contributed by atoms with E-state index < -0.39 is 0 Å². The molecule has 1 atom stereocenters. The highest BCUT2D eigenvalue weighted by Crippen LogP contribution is 2.21. The van der Waals surface area contributed by atoms with Gasteiger partial charge in [0, 0.05) is 11.8 Å². The molecule has 0 amide bonds. The monoisotopic (exact) mass is 123 g/mol. The number of rotatable bonds is 0. The minimum Gasteiger partial charge on any atom is -0.491 e. The summed E-state index contributed by atoms with van der Waals surface area (Å²) in [6.07, 6.45) is 4.11. The second-order valence-corrected chi connectivity index (χ2v) is 2.44. The summed E-state index contributed by atoms with van der Waals surface area (Å²) >= 11 is 0. The van der Waals surface area contributed by atoms with Gasteiger partial charge in [0.25, 0.3) is 0 Å². The Labute approximate surface area is 54.2 Å². The van der Waals surface area contributed by atoms with Crippen LogP contribution < -0.4 is 5.32 Å². The lowest BCUT2D eigenvalue weighted by atomic mass is 10.2. The molecule has 1 N–H and O–H groups in total. The molecule has 2 bridgehead atoms. The molecule has 0 saturated carbocycles. The van der Waals surface area contributed by atoms with Crippen molar-refractivity contribution in [1.29, 1.82) is 0 Å². The maximum absolute atomic E-state index is 5.32. The Hall–Kier alpha value is -0.920. The van der Waals surface area contributed by atoms with E-state index >= 15 is 0 Å². The van der Waals surface area contributed by atoms with Crippen LogP contribution in [0.5, 0.6) is 0 Å². The molecule has 0 aromatic rings. The van der Waals surface area contributed by atoms with E-state index in [4.69, 9.17) is 4.74 Å². The van der Waals surface area contributed by atoms with Crippen LogP contribution in [0.3, 0.4) is 0 Å².